The number of benzene rings is 1. The minimum absolute atomic E-state index is 0.313. The van der Waals surface area contributed by atoms with E-state index in [0.29, 0.717) is 11.1 Å². The van der Waals surface area contributed by atoms with E-state index in [9.17, 15) is 9.18 Å². The van der Waals surface area contributed by atoms with Crippen LogP contribution in [0.4, 0.5) is 4.39 Å². The zero-order valence-electron chi connectivity index (χ0n) is 9.38. The van der Waals surface area contributed by atoms with Gasteiger partial charge in [-0.2, -0.15) is 5.10 Å². The summed E-state index contributed by atoms with van der Waals surface area (Å²) in [6.07, 6.45) is 4.28. The van der Waals surface area contributed by atoms with Crippen molar-refractivity contribution < 1.29 is 9.18 Å². The summed E-state index contributed by atoms with van der Waals surface area (Å²) in [5.74, 6) is -0.760. The third kappa shape index (κ3) is 2.98. The Morgan fingerprint density at radius 1 is 1.22 bits per heavy atom. The Morgan fingerprint density at radius 2 is 1.94 bits per heavy atom. The van der Waals surface area contributed by atoms with Crippen molar-refractivity contribution in [1.29, 1.82) is 0 Å². The molecular weight excluding hydrogens is 233 g/mol. The Hall–Kier alpha value is -2.56. The predicted molar refractivity (Wildman–Crippen MR) is 65.7 cm³/mol. The van der Waals surface area contributed by atoms with E-state index in [1.165, 1.54) is 24.7 Å². The molecule has 18 heavy (non-hydrogen) atoms. The number of hydrogen-bond acceptors (Lipinski definition) is 3. The van der Waals surface area contributed by atoms with Gasteiger partial charge in [0.2, 0.25) is 0 Å². The minimum atomic E-state index is -0.389. The molecule has 1 heterocycles. The molecule has 2 aromatic rings. The number of pyridine rings is 1. The summed E-state index contributed by atoms with van der Waals surface area (Å²) in [5.41, 5.74) is 3.06. The molecule has 0 unspecified atom stereocenters. The molecule has 0 saturated carbocycles. The fourth-order valence-electron chi connectivity index (χ4n) is 1.31. The molecule has 0 aliphatic carbocycles. The maximum Gasteiger partial charge on any atom is 0.271 e. The van der Waals surface area contributed by atoms with Crippen LogP contribution >= 0.6 is 0 Å². The van der Waals surface area contributed by atoms with Crippen LogP contribution in [0.5, 0.6) is 0 Å². The standard InChI is InChI=1S/C13H10FN3O/c14-12-4-2-1-3-11(12)9-16-17-13(18)10-5-7-15-8-6-10/h1-9H,(H,17,18). The van der Waals surface area contributed by atoms with E-state index in [-0.39, 0.29) is 11.7 Å². The Morgan fingerprint density at radius 3 is 2.67 bits per heavy atom. The van der Waals surface area contributed by atoms with Gasteiger partial charge in [-0.1, -0.05) is 18.2 Å². The Kier molecular flexibility index (Phi) is 3.76. The number of halogens is 1. The van der Waals surface area contributed by atoms with Gasteiger partial charge >= 0.3 is 0 Å². The van der Waals surface area contributed by atoms with Gasteiger partial charge in [0.25, 0.3) is 5.91 Å². The topological polar surface area (TPSA) is 54.4 Å². The third-order valence-corrected chi connectivity index (χ3v) is 2.22. The first-order valence-corrected chi connectivity index (χ1v) is 5.25. The van der Waals surface area contributed by atoms with Gasteiger partial charge < -0.3 is 0 Å². The van der Waals surface area contributed by atoms with Crippen LogP contribution in [0.25, 0.3) is 0 Å². The number of aromatic nitrogens is 1. The number of nitrogens with one attached hydrogen (secondary N) is 1. The molecule has 0 fully saturated rings. The van der Waals surface area contributed by atoms with E-state index in [1.54, 1.807) is 30.3 Å². The number of hydrogen-bond donors (Lipinski definition) is 1. The molecule has 0 saturated heterocycles. The average molecular weight is 243 g/mol. The lowest BCUT2D eigenvalue weighted by Gasteiger charge is -1.99. The number of rotatable bonds is 3. The van der Waals surface area contributed by atoms with Gasteiger partial charge in [0.05, 0.1) is 6.21 Å². The summed E-state index contributed by atoms with van der Waals surface area (Å²) in [6.45, 7) is 0. The Balaban J connectivity index is 2.00. The van der Waals surface area contributed by atoms with Crippen molar-refractivity contribution >= 4 is 12.1 Å². The van der Waals surface area contributed by atoms with Crippen molar-refractivity contribution in [3.05, 3.63) is 65.7 Å². The van der Waals surface area contributed by atoms with Crippen LogP contribution in [-0.2, 0) is 0 Å². The van der Waals surface area contributed by atoms with Crippen LogP contribution in [0.15, 0.2) is 53.9 Å². The van der Waals surface area contributed by atoms with E-state index < -0.39 is 0 Å². The molecule has 0 aliphatic rings. The van der Waals surface area contributed by atoms with Gasteiger partial charge in [-0.05, 0) is 18.2 Å². The van der Waals surface area contributed by atoms with Crippen LogP contribution in [0, 0.1) is 5.82 Å². The van der Waals surface area contributed by atoms with Gasteiger partial charge in [-0.3, -0.25) is 9.78 Å². The molecule has 1 N–H and O–H groups in total. The lowest BCUT2D eigenvalue weighted by Crippen LogP contribution is -2.17. The number of hydrazone groups is 1. The lowest BCUT2D eigenvalue weighted by atomic mass is 10.2. The van der Waals surface area contributed by atoms with E-state index in [0.717, 1.165) is 0 Å². The Labute approximate surface area is 103 Å². The third-order valence-electron chi connectivity index (χ3n) is 2.22. The first kappa shape index (κ1) is 11.9. The summed E-state index contributed by atoms with van der Waals surface area (Å²) in [5, 5.41) is 3.69. The number of carbonyl (C=O) groups excluding carboxylic acids is 1. The summed E-state index contributed by atoms with van der Waals surface area (Å²) >= 11 is 0. The van der Waals surface area contributed by atoms with E-state index in [1.807, 2.05) is 0 Å². The van der Waals surface area contributed by atoms with Crippen molar-refractivity contribution in [3.63, 3.8) is 0 Å². The van der Waals surface area contributed by atoms with Gasteiger partial charge in [-0.15, -0.1) is 0 Å². The zero-order chi connectivity index (χ0) is 12.8. The van der Waals surface area contributed by atoms with Gasteiger partial charge in [0.1, 0.15) is 5.82 Å². The molecule has 1 aromatic carbocycles. The van der Waals surface area contributed by atoms with E-state index in [2.05, 4.69) is 15.5 Å². The molecular formula is C13H10FN3O. The number of carbonyl (C=O) groups is 1. The smallest absolute Gasteiger partial charge is 0.267 e. The Bertz CT molecular complexity index is 569. The van der Waals surface area contributed by atoms with Crippen LogP contribution in [-0.4, -0.2) is 17.1 Å². The second-order valence-corrected chi connectivity index (χ2v) is 3.46. The number of amides is 1. The van der Waals surface area contributed by atoms with Crippen LogP contribution in [0.1, 0.15) is 15.9 Å². The van der Waals surface area contributed by atoms with E-state index >= 15 is 0 Å². The highest BCUT2D eigenvalue weighted by atomic mass is 19.1. The van der Waals surface area contributed by atoms with Crippen LogP contribution in [0.2, 0.25) is 0 Å². The normalized spacial score (nSPS) is 10.5. The quantitative estimate of drug-likeness (QED) is 0.662. The largest absolute Gasteiger partial charge is 0.271 e. The molecule has 0 aliphatic heterocycles. The highest BCUT2D eigenvalue weighted by molar-refractivity contribution is 5.94. The minimum Gasteiger partial charge on any atom is -0.267 e. The van der Waals surface area contributed by atoms with Crippen molar-refractivity contribution in [3.8, 4) is 0 Å². The summed E-state index contributed by atoms with van der Waals surface area (Å²) in [4.78, 5) is 15.4. The first-order chi connectivity index (χ1) is 8.77. The molecule has 4 nitrogen and oxygen atoms in total. The average Bonchev–Trinajstić information content (AvgIpc) is 2.42. The SMILES string of the molecule is O=C(NN=Cc1ccccc1F)c1ccncc1. The number of nitrogens with zero attached hydrogens (tertiary/aromatic N) is 2. The molecule has 5 heteroatoms. The van der Waals surface area contributed by atoms with Crippen molar-refractivity contribution in [1.82, 2.24) is 10.4 Å². The zero-order valence-corrected chi connectivity index (χ0v) is 9.38. The second kappa shape index (κ2) is 5.67. The lowest BCUT2D eigenvalue weighted by molar-refractivity contribution is 0.0955. The van der Waals surface area contributed by atoms with Crippen molar-refractivity contribution in [2.24, 2.45) is 5.10 Å². The predicted octanol–water partition coefficient (Wildman–Crippen LogP) is 1.98. The van der Waals surface area contributed by atoms with Gasteiger partial charge in [-0.25, -0.2) is 9.82 Å². The maximum absolute atomic E-state index is 13.2. The van der Waals surface area contributed by atoms with Crippen molar-refractivity contribution in [2.45, 2.75) is 0 Å². The van der Waals surface area contributed by atoms with Crippen LogP contribution in [0.3, 0.4) is 0 Å². The summed E-state index contributed by atoms with van der Waals surface area (Å²) in [7, 11) is 0. The van der Waals surface area contributed by atoms with Crippen LogP contribution < -0.4 is 5.43 Å². The fraction of sp³-hybridized carbons (Fsp3) is 0. The van der Waals surface area contributed by atoms with Gasteiger partial charge in [0, 0.05) is 23.5 Å². The molecule has 0 atom stereocenters. The summed E-state index contributed by atoms with van der Waals surface area (Å²) < 4.78 is 13.2. The highest BCUT2D eigenvalue weighted by Gasteiger charge is 2.02. The highest BCUT2D eigenvalue weighted by Crippen LogP contribution is 2.02. The van der Waals surface area contributed by atoms with Crippen molar-refractivity contribution in [2.75, 3.05) is 0 Å². The molecule has 90 valence electrons. The molecule has 0 bridgehead atoms. The maximum atomic E-state index is 13.2. The molecule has 1 amide bonds. The molecule has 0 spiro atoms. The summed E-state index contributed by atoms with van der Waals surface area (Å²) in [6, 6.07) is 9.29. The second-order valence-electron chi connectivity index (χ2n) is 3.46. The van der Waals surface area contributed by atoms with E-state index in [4.69, 9.17) is 0 Å². The molecule has 2 rings (SSSR count). The first-order valence-electron chi connectivity index (χ1n) is 5.25. The fourth-order valence-corrected chi connectivity index (χ4v) is 1.31. The molecule has 1 aromatic heterocycles. The monoisotopic (exact) mass is 243 g/mol. The van der Waals surface area contributed by atoms with Gasteiger partial charge in [0.15, 0.2) is 0 Å². The molecule has 0 radical (unpaired) electrons.